The van der Waals surface area contributed by atoms with Gasteiger partial charge in [-0.1, -0.05) is 29.9 Å². The Labute approximate surface area is 156 Å². The Morgan fingerprint density at radius 2 is 2.08 bits per heavy atom. The lowest BCUT2D eigenvalue weighted by atomic mass is 10.1. The number of hydrogen-bond donors (Lipinski definition) is 1. The van der Waals surface area contributed by atoms with Crippen LogP contribution in [0, 0.1) is 0 Å². The van der Waals surface area contributed by atoms with E-state index in [2.05, 4.69) is 11.9 Å². The number of nitrogens with one attached hydrogen (secondary N) is 1. The first-order chi connectivity index (χ1) is 11.4. The van der Waals surface area contributed by atoms with Crippen molar-refractivity contribution in [3.05, 3.63) is 58.5 Å². The van der Waals surface area contributed by atoms with E-state index in [-0.39, 0.29) is 5.78 Å². The summed E-state index contributed by atoms with van der Waals surface area (Å²) in [5.74, 6) is -0.0870. The van der Waals surface area contributed by atoms with Crippen molar-refractivity contribution in [2.45, 2.75) is 6.04 Å². The van der Waals surface area contributed by atoms with Gasteiger partial charge in [-0.05, 0) is 12.1 Å². The van der Waals surface area contributed by atoms with E-state index in [1.165, 1.54) is 11.3 Å². The number of thiophene rings is 1. The maximum atomic E-state index is 12.9. The number of rotatable bonds is 7. The highest BCUT2D eigenvalue weighted by atomic mass is 35.5. The topological polar surface area (TPSA) is 36.2 Å². The minimum atomic E-state index is -0.620. The second-order valence-corrected chi connectivity index (χ2v) is 7.46. The lowest BCUT2D eigenvalue weighted by Crippen LogP contribution is -2.51. The summed E-state index contributed by atoms with van der Waals surface area (Å²) in [6, 6.07) is 6.71. The SMILES string of the molecule is C=CCNC(=S)[C@H](C(=O)c1ccc(Cl)s1)[n+]1ccc(N(C)C)cc1. The average molecular weight is 381 g/mol. The summed E-state index contributed by atoms with van der Waals surface area (Å²) < 4.78 is 2.39. The van der Waals surface area contributed by atoms with Crippen LogP contribution >= 0.6 is 35.2 Å². The summed E-state index contributed by atoms with van der Waals surface area (Å²) >= 11 is 12.7. The molecule has 1 atom stereocenters. The highest BCUT2D eigenvalue weighted by molar-refractivity contribution is 7.80. The number of carbonyl (C=O) groups excluding carboxylic acids is 1. The van der Waals surface area contributed by atoms with Gasteiger partial charge in [0.05, 0.1) is 9.21 Å². The first-order valence-corrected chi connectivity index (χ1v) is 8.90. The summed E-state index contributed by atoms with van der Waals surface area (Å²) in [7, 11) is 3.93. The number of halogens is 1. The fourth-order valence-electron chi connectivity index (χ4n) is 2.14. The second kappa shape index (κ2) is 8.37. The van der Waals surface area contributed by atoms with E-state index in [9.17, 15) is 4.79 Å². The molecule has 0 saturated carbocycles. The zero-order chi connectivity index (χ0) is 17.7. The first-order valence-electron chi connectivity index (χ1n) is 7.30. The van der Waals surface area contributed by atoms with Crippen LogP contribution < -0.4 is 14.8 Å². The molecular weight excluding hydrogens is 362 g/mol. The molecule has 0 amide bonds. The Morgan fingerprint density at radius 1 is 1.42 bits per heavy atom. The van der Waals surface area contributed by atoms with Crippen LogP contribution in [0.1, 0.15) is 15.7 Å². The molecule has 2 aromatic heterocycles. The molecule has 1 N–H and O–H groups in total. The van der Waals surface area contributed by atoms with Crippen molar-refractivity contribution < 1.29 is 9.36 Å². The van der Waals surface area contributed by atoms with Gasteiger partial charge in [0.15, 0.2) is 17.4 Å². The maximum absolute atomic E-state index is 12.9. The molecule has 0 saturated heterocycles. The minimum absolute atomic E-state index is 0.0870. The van der Waals surface area contributed by atoms with Gasteiger partial charge < -0.3 is 10.2 Å². The van der Waals surface area contributed by atoms with Gasteiger partial charge in [-0.25, -0.2) is 0 Å². The lowest BCUT2D eigenvalue weighted by molar-refractivity contribution is -0.692. The number of hydrogen-bond acceptors (Lipinski definition) is 4. The van der Waals surface area contributed by atoms with Crippen LogP contribution in [-0.4, -0.2) is 31.4 Å². The lowest BCUT2D eigenvalue weighted by Gasteiger charge is -2.15. The molecule has 0 aliphatic rings. The van der Waals surface area contributed by atoms with E-state index in [1.54, 1.807) is 22.8 Å². The molecule has 0 spiro atoms. The Morgan fingerprint density at radius 3 is 2.58 bits per heavy atom. The average Bonchev–Trinajstić information content (AvgIpc) is 3.00. The fourth-order valence-corrected chi connectivity index (χ4v) is 3.46. The van der Waals surface area contributed by atoms with Crippen LogP contribution in [0.3, 0.4) is 0 Å². The molecule has 0 aliphatic carbocycles. The van der Waals surface area contributed by atoms with Crippen molar-refractivity contribution in [1.29, 1.82) is 0 Å². The molecule has 24 heavy (non-hydrogen) atoms. The predicted octanol–water partition coefficient (Wildman–Crippen LogP) is 3.28. The summed E-state index contributed by atoms with van der Waals surface area (Å²) in [5, 5.41) is 3.06. The summed E-state index contributed by atoms with van der Waals surface area (Å²) in [4.78, 5) is 16.0. The van der Waals surface area contributed by atoms with Crippen LogP contribution in [0.15, 0.2) is 49.3 Å². The Bertz CT molecular complexity index is 741. The molecule has 0 fully saturated rings. The molecule has 0 bridgehead atoms. The van der Waals surface area contributed by atoms with Crippen LogP contribution in [0.25, 0.3) is 0 Å². The number of thiocarbonyl (C=S) groups is 1. The monoisotopic (exact) mass is 380 g/mol. The zero-order valence-corrected chi connectivity index (χ0v) is 15.9. The molecule has 0 aromatic carbocycles. The van der Waals surface area contributed by atoms with Crippen molar-refractivity contribution in [3.63, 3.8) is 0 Å². The molecule has 2 aromatic rings. The van der Waals surface area contributed by atoms with E-state index in [1.807, 2.05) is 43.5 Å². The predicted molar refractivity (Wildman–Crippen MR) is 104 cm³/mol. The number of anilines is 1. The number of ketones is 1. The summed E-state index contributed by atoms with van der Waals surface area (Å²) in [6.45, 7) is 4.17. The van der Waals surface area contributed by atoms with Crippen molar-refractivity contribution in [2.24, 2.45) is 0 Å². The largest absolute Gasteiger partial charge is 0.377 e. The van der Waals surface area contributed by atoms with Crippen molar-refractivity contribution in [3.8, 4) is 0 Å². The van der Waals surface area contributed by atoms with Crippen LogP contribution in [0.2, 0.25) is 4.34 Å². The maximum Gasteiger partial charge on any atom is 0.271 e. The summed E-state index contributed by atoms with van der Waals surface area (Å²) in [6.07, 6.45) is 5.42. The summed E-state index contributed by atoms with van der Waals surface area (Å²) in [5.41, 5.74) is 1.04. The Balaban J connectivity index is 2.36. The highest BCUT2D eigenvalue weighted by Crippen LogP contribution is 2.24. The van der Waals surface area contributed by atoms with E-state index in [0.717, 1.165) is 5.69 Å². The van der Waals surface area contributed by atoms with Gasteiger partial charge in [-0.3, -0.25) is 4.79 Å². The van der Waals surface area contributed by atoms with Crippen molar-refractivity contribution in [1.82, 2.24) is 5.32 Å². The Kier molecular flexibility index (Phi) is 6.48. The second-order valence-electron chi connectivity index (χ2n) is 5.30. The van der Waals surface area contributed by atoms with Crippen LogP contribution in [0.4, 0.5) is 5.69 Å². The Hall–Kier alpha value is -1.76. The van der Waals surface area contributed by atoms with Gasteiger partial charge in [0.2, 0.25) is 5.78 Å². The quantitative estimate of drug-likeness (QED) is 0.346. The van der Waals surface area contributed by atoms with E-state index in [4.69, 9.17) is 23.8 Å². The number of pyridine rings is 1. The smallest absolute Gasteiger partial charge is 0.271 e. The van der Waals surface area contributed by atoms with Gasteiger partial charge >= 0.3 is 0 Å². The third kappa shape index (κ3) is 4.41. The number of carbonyl (C=O) groups is 1. The van der Waals surface area contributed by atoms with Crippen molar-refractivity contribution >= 4 is 51.6 Å². The molecule has 4 nitrogen and oxygen atoms in total. The van der Waals surface area contributed by atoms with E-state index in [0.29, 0.717) is 20.7 Å². The van der Waals surface area contributed by atoms with Crippen molar-refractivity contribution in [2.75, 3.05) is 25.5 Å². The van der Waals surface area contributed by atoms with E-state index < -0.39 is 6.04 Å². The molecule has 126 valence electrons. The molecule has 0 aliphatic heterocycles. The van der Waals surface area contributed by atoms with E-state index >= 15 is 0 Å². The molecule has 2 heterocycles. The molecule has 2 rings (SSSR count). The highest BCUT2D eigenvalue weighted by Gasteiger charge is 2.33. The fraction of sp³-hybridized carbons (Fsp3) is 0.235. The normalized spacial score (nSPS) is 11.6. The molecule has 0 unspecified atom stereocenters. The molecule has 0 radical (unpaired) electrons. The molecular formula is C17H19ClN3OS2+. The number of nitrogens with zero attached hydrogens (tertiary/aromatic N) is 2. The third-order valence-corrected chi connectivity index (χ3v) is 5.00. The molecule has 7 heteroatoms. The van der Waals surface area contributed by atoms with Gasteiger partial charge in [0, 0.05) is 38.5 Å². The third-order valence-electron chi connectivity index (χ3n) is 3.38. The van der Waals surface area contributed by atoms with Gasteiger partial charge in [0.1, 0.15) is 0 Å². The number of aromatic nitrogens is 1. The number of Topliss-reactive ketones (excluding diaryl/α,β-unsaturated/α-hetero) is 1. The van der Waals surface area contributed by atoms with Gasteiger partial charge in [0.25, 0.3) is 6.04 Å². The van der Waals surface area contributed by atoms with Gasteiger partial charge in [-0.2, -0.15) is 4.57 Å². The minimum Gasteiger partial charge on any atom is -0.377 e. The first kappa shape index (κ1) is 18.6. The van der Waals surface area contributed by atoms with Gasteiger partial charge in [-0.15, -0.1) is 17.9 Å². The zero-order valence-electron chi connectivity index (χ0n) is 13.5. The van der Waals surface area contributed by atoms with Crippen LogP contribution in [-0.2, 0) is 0 Å². The van der Waals surface area contributed by atoms with Crippen LogP contribution in [0.5, 0.6) is 0 Å². The standard InChI is InChI=1S/C17H18ClN3OS2/c1-4-9-19-17(23)15(16(22)13-5-6-14(18)24-13)21-10-7-12(8-11-21)20(2)3/h4-8,10-11,15H,1,9H2,2-3H3/p+1/t15-/m0/s1.